The van der Waals surface area contributed by atoms with E-state index in [1.807, 2.05) is 44.4 Å². The van der Waals surface area contributed by atoms with Crippen molar-refractivity contribution in [3.8, 4) is 0 Å². The Morgan fingerprint density at radius 3 is 2.71 bits per heavy atom. The molecular formula is C12H18N2. The van der Waals surface area contributed by atoms with Crippen molar-refractivity contribution in [2.45, 2.75) is 26.3 Å². The predicted molar refractivity (Wildman–Crippen MR) is 65.2 cm³/mol. The molecule has 0 aromatic carbocycles. The Labute approximate surface area is 86.5 Å². The number of hydrogen-bond acceptors (Lipinski definition) is 2. The van der Waals surface area contributed by atoms with Crippen LogP contribution in [0.4, 0.5) is 0 Å². The second-order valence-corrected chi connectivity index (χ2v) is 2.88. The predicted octanol–water partition coefficient (Wildman–Crippen LogP) is 3.18. The zero-order valence-corrected chi connectivity index (χ0v) is 8.98. The van der Waals surface area contributed by atoms with E-state index in [9.17, 15) is 0 Å². The third-order valence-corrected chi connectivity index (χ3v) is 1.52. The molecule has 0 spiro atoms. The van der Waals surface area contributed by atoms with Gasteiger partial charge in [-0.25, -0.2) is 0 Å². The van der Waals surface area contributed by atoms with Crippen LogP contribution in [-0.4, -0.2) is 19.0 Å². The van der Waals surface area contributed by atoms with Crippen LogP contribution < -0.4 is 0 Å². The molecule has 0 bridgehead atoms. The minimum Gasteiger partial charge on any atom is -0.294 e. The van der Waals surface area contributed by atoms with Crippen molar-refractivity contribution in [1.29, 1.82) is 0 Å². The molecule has 1 atom stereocenters. The highest BCUT2D eigenvalue weighted by molar-refractivity contribution is 5.58. The molecule has 0 aromatic rings. The lowest BCUT2D eigenvalue weighted by Crippen LogP contribution is -1.87. The van der Waals surface area contributed by atoms with E-state index >= 15 is 0 Å². The van der Waals surface area contributed by atoms with Crippen molar-refractivity contribution < 1.29 is 0 Å². The van der Waals surface area contributed by atoms with Crippen molar-refractivity contribution in [3.05, 3.63) is 36.6 Å². The van der Waals surface area contributed by atoms with Gasteiger partial charge in [0.15, 0.2) is 0 Å². The molecule has 0 fully saturated rings. The molecule has 2 nitrogen and oxygen atoms in total. The van der Waals surface area contributed by atoms with Crippen molar-refractivity contribution >= 4 is 12.9 Å². The zero-order chi connectivity index (χ0) is 10.8. The van der Waals surface area contributed by atoms with Crippen LogP contribution in [-0.2, 0) is 0 Å². The van der Waals surface area contributed by atoms with E-state index in [-0.39, 0.29) is 6.04 Å². The Morgan fingerprint density at radius 1 is 1.43 bits per heavy atom. The molecule has 76 valence electrons. The van der Waals surface area contributed by atoms with Crippen LogP contribution in [0.5, 0.6) is 0 Å². The average molecular weight is 190 g/mol. The molecule has 0 saturated carbocycles. The molecule has 1 unspecified atom stereocenters. The Balaban J connectivity index is 3.94. The lowest BCUT2D eigenvalue weighted by Gasteiger charge is -1.92. The minimum absolute atomic E-state index is 0.159. The molecule has 0 amide bonds. The molecule has 0 rings (SSSR count). The summed E-state index contributed by atoms with van der Waals surface area (Å²) in [7, 11) is 0. The maximum Gasteiger partial charge on any atom is 0.0647 e. The van der Waals surface area contributed by atoms with Gasteiger partial charge in [-0.05, 0) is 26.1 Å². The van der Waals surface area contributed by atoms with Gasteiger partial charge in [-0.1, -0.05) is 31.7 Å². The largest absolute Gasteiger partial charge is 0.294 e. The monoisotopic (exact) mass is 190 g/mol. The maximum atomic E-state index is 4.10. The molecule has 0 saturated heterocycles. The summed E-state index contributed by atoms with van der Waals surface area (Å²) in [6.07, 6.45) is 10.4. The fourth-order valence-corrected chi connectivity index (χ4v) is 0.704. The van der Waals surface area contributed by atoms with E-state index < -0.39 is 0 Å². The lowest BCUT2D eigenvalue weighted by atomic mass is 10.3. The third-order valence-electron chi connectivity index (χ3n) is 1.52. The molecular weight excluding hydrogens is 172 g/mol. The first-order valence-corrected chi connectivity index (χ1v) is 4.72. The first kappa shape index (κ1) is 12.6. The zero-order valence-electron chi connectivity index (χ0n) is 8.98. The second kappa shape index (κ2) is 8.17. The number of allylic oxidation sites excluding steroid dienone is 3. The van der Waals surface area contributed by atoms with Gasteiger partial charge < -0.3 is 0 Å². The van der Waals surface area contributed by atoms with Gasteiger partial charge in [0.2, 0.25) is 0 Å². The van der Waals surface area contributed by atoms with Crippen LogP contribution in [0.15, 0.2) is 46.6 Å². The fraction of sp³-hybridized carbons (Fsp3) is 0.333. The van der Waals surface area contributed by atoms with E-state index in [4.69, 9.17) is 0 Å². The van der Waals surface area contributed by atoms with Crippen LogP contribution in [0, 0.1) is 0 Å². The first-order chi connectivity index (χ1) is 6.70. The fourth-order valence-electron chi connectivity index (χ4n) is 0.704. The molecule has 14 heavy (non-hydrogen) atoms. The minimum atomic E-state index is 0.159. The summed E-state index contributed by atoms with van der Waals surface area (Å²) in [6, 6.07) is 0.159. The van der Waals surface area contributed by atoms with Gasteiger partial charge in [0.05, 0.1) is 11.7 Å². The lowest BCUT2D eigenvalue weighted by molar-refractivity contribution is 0.937. The Hall–Kier alpha value is -1.44. The van der Waals surface area contributed by atoms with E-state index in [1.54, 1.807) is 0 Å². The van der Waals surface area contributed by atoms with Crippen molar-refractivity contribution in [2.75, 3.05) is 0 Å². The van der Waals surface area contributed by atoms with Crippen molar-refractivity contribution in [2.24, 2.45) is 9.98 Å². The van der Waals surface area contributed by atoms with Gasteiger partial charge in [0.25, 0.3) is 0 Å². The second-order valence-electron chi connectivity index (χ2n) is 2.88. The summed E-state index contributed by atoms with van der Waals surface area (Å²) in [5, 5.41) is 0. The van der Waals surface area contributed by atoms with E-state index in [2.05, 4.69) is 23.3 Å². The van der Waals surface area contributed by atoms with Gasteiger partial charge in [0, 0.05) is 6.21 Å². The van der Waals surface area contributed by atoms with E-state index in [1.165, 1.54) is 0 Å². The first-order valence-electron chi connectivity index (χ1n) is 4.72. The van der Waals surface area contributed by atoms with Gasteiger partial charge >= 0.3 is 0 Å². The number of rotatable bonds is 6. The molecule has 0 radical (unpaired) electrons. The standard InChI is InChI=1S/C12H18N2/c1-5-10-14-12(3)9-7-6-8-11(2)13-4/h6-11H,3-5H2,1-2H3/b8-6-,9-7-,14-10?. The highest BCUT2D eigenvalue weighted by atomic mass is 14.7. The summed E-state index contributed by atoms with van der Waals surface area (Å²) in [5.41, 5.74) is 0.760. The maximum absolute atomic E-state index is 4.10. The summed E-state index contributed by atoms with van der Waals surface area (Å²) >= 11 is 0. The molecule has 0 aromatic heterocycles. The molecule has 0 aliphatic rings. The molecule has 0 aliphatic carbocycles. The van der Waals surface area contributed by atoms with E-state index in [0.29, 0.717) is 0 Å². The molecule has 0 heterocycles. The average Bonchev–Trinajstić information content (AvgIpc) is 2.21. The van der Waals surface area contributed by atoms with Crippen LogP contribution in [0.3, 0.4) is 0 Å². The summed E-state index contributed by atoms with van der Waals surface area (Å²) in [5.74, 6) is 0. The van der Waals surface area contributed by atoms with Crippen LogP contribution >= 0.6 is 0 Å². The molecule has 0 aliphatic heterocycles. The topological polar surface area (TPSA) is 24.7 Å². The Bertz CT molecular complexity index is 259. The van der Waals surface area contributed by atoms with Crippen molar-refractivity contribution in [3.63, 3.8) is 0 Å². The number of aliphatic imine (C=N–C) groups is 2. The van der Waals surface area contributed by atoms with E-state index in [0.717, 1.165) is 12.1 Å². The van der Waals surface area contributed by atoms with Gasteiger partial charge in [-0.2, -0.15) is 0 Å². The normalized spacial score (nSPS) is 14.1. The quantitative estimate of drug-likeness (QED) is 0.454. The highest BCUT2D eigenvalue weighted by Gasteiger charge is 1.84. The third kappa shape index (κ3) is 7.22. The number of hydrogen-bond donors (Lipinski definition) is 0. The number of nitrogens with zero attached hydrogens (tertiary/aromatic N) is 2. The van der Waals surface area contributed by atoms with Gasteiger partial charge in [-0.3, -0.25) is 9.98 Å². The smallest absolute Gasteiger partial charge is 0.0647 e. The van der Waals surface area contributed by atoms with Crippen LogP contribution in [0.1, 0.15) is 20.3 Å². The van der Waals surface area contributed by atoms with Crippen molar-refractivity contribution in [1.82, 2.24) is 0 Å². The Kier molecular flexibility index (Phi) is 7.33. The SMILES string of the molecule is C=NC(C)/C=C\C=C/C(=C)N=CCC. The van der Waals surface area contributed by atoms with Crippen LogP contribution in [0.25, 0.3) is 0 Å². The highest BCUT2D eigenvalue weighted by Crippen LogP contribution is 1.96. The summed E-state index contributed by atoms with van der Waals surface area (Å²) in [4.78, 5) is 7.94. The van der Waals surface area contributed by atoms with Gasteiger partial charge in [0.1, 0.15) is 0 Å². The van der Waals surface area contributed by atoms with Gasteiger partial charge in [-0.15, -0.1) is 0 Å². The molecule has 2 heteroatoms. The Morgan fingerprint density at radius 2 is 2.14 bits per heavy atom. The summed E-state index contributed by atoms with van der Waals surface area (Å²) in [6.45, 7) is 11.2. The molecule has 0 N–H and O–H groups in total. The van der Waals surface area contributed by atoms with Crippen LogP contribution in [0.2, 0.25) is 0 Å². The summed E-state index contributed by atoms with van der Waals surface area (Å²) < 4.78 is 0.